The molecule has 0 aliphatic heterocycles. The molecule has 0 aliphatic carbocycles. The van der Waals surface area contributed by atoms with Crippen LogP contribution in [0.5, 0.6) is 0 Å². The molecular weight excluding hydrogens is 648 g/mol. The summed E-state index contributed by atoms with van der Waals surface area (Å²) in [5, 5.41) is 0. The number of rotatable bonds is 11. The number of carbonyl (C=O) groups excluding carboxylic acids is 1. The van der Waals surface area contributed by atoms with E-state index in [1.54, 1.807) is 12.1 Å². The fraction of sp³-hybridized carbons (Fsp3) is 0.167. The van der Waals surface area contributed by atoms with Crippen LogP contribution in [0, 0.1) is 11.6 Å². The Morgan fingerprint density at radius 3 is 1.58 bits per heavy atom. The molecule has 7 nitrogen and oxygen atoms in total. The zero-order chi connectivity index (χ0) is 33.4. The molecule has 0 aliphatic rings. The molecule has 15 heteroatoms. The molecule has 0 amide bonds. The number of alkyl halides is 4. The topological polar surface area (TPSA) is 132 Å². The lowest BCUT2D eigenvalue weighted by Crippen LogP contribution is -2.41. The third-order valence-electron chi connectivity index (χ3n) is 7.25. The van der Waals surface area contributed by atoms with Crippen LogP contribution in [0.1, 0.15) is 38.2 Å². The van der Waals surface area contributed by atoms with Crippen LogP contribution in [0.25, 0.3) is 0 Å². The smallest absolute Gasteiger partial charge is 0.320 e. The molecule has 0 heterocycles. The summed E-state index contributed by atoms with van der Waals surface area (Å²) in [5.74, 6) is -3.98. The highest BCUT2D eigenvalue weighted by atomic mass is 31.2. The summed E-state index contributed by atoms with van der Waals surface area (Å²) < 4.78 is 110. The summed E-state index contributed by atoms with van der Waals surface area (Å²) in [7, 11) is -12.3. The van der Waals surface area contributed by atoms with Crippen molar-refractivity contribution in [3.8, 4) is 0 Å². The van der Waals surface area contributed by atoms with Gasteiger partial charge in [-0.3, -0.25) is 13.9 Å². The van der Waals surface area contributed by atoms with Crippen molar-refractivity contribution >= 4 is 21.0 Å². The molecule has 4 rings (SSSR count). The van der Waals surface area contributed by atoms with E-state index < -0.39 is 73.3 Å². The summed E-state index contributed by atoms with van der Waals surface area (Å²) in [6.07, 6.45) is -1.03. The lowest BCUT2D eigenvalue weighted by Gasteiger charge is -2.34. The Balaban J connectivity index is 1.95. The Labute approximate surface area is 252 Å². The monoisotopic (exact) mass is 672 g/mol. The zero-order valence-corrected chi connectivity index (χ0v) is 24.6. The van der Waals surface area contributed by atoms with Gasteiger partial charge in [-0.1, -0.05) is 72.8 Å². The maximum Gasteiger partial charge on any atom is 0.399 e. The summed E-state index contributed by atoms with van der Waals surface area (Å²) in [5.41, 5.74) is -14.9. The van der Waals surface area contributed by atoms with Gasteiger partial charge in [0.25, 0.3) is 0 Å². The number of carbonyl (C=O) groups is 1. The minimum Gasteiger partial charge on any atom is -0.320 e. The molecule has 0 aromatic heterocycles. The van der Waals surface area contributed by atoms with E-state index in [1.165, 1.54) is 48.5 Å². The van der Waals surface area contributed by atoms with Crippen LogP contribution in [0.4, 0.5) is 26.3 Å². The first-order valence-corrected chi connectivity index (χ1v) is 16.1. The van der Waals surface area contributed by atoms with Crippen LogP contribution in [0.2, 0.25) is 0 Å². The van der Waals surface area contributed by atoms with Crippen molar-refractivity contribution in [2.24, 2.45) is 0 Å². The largest absolute Gasteiger partial charge is 0.399 e. The molecule has 0 saturated carbocycles. The highest BCUT2D eigenvalue weighted by Gasteiger charge is 2.53. The summed E-state index contributed by atoms with van der Waals surface area (Å²) >= 11 is 0. The van der Waals surface area contributed by atoms with Crippen LogP contribution in [-0.2, 0) is 38.7 Å². The van der Waals surface area contributed by atoms with Gasteiger partial charge in [0.15, 0.2) is 5.78 Å². The van der Waals surface area contributed by atoms with Crippen molar-refractivity contribution in [3.05, 3.63) is 142 Å². The molecule has 0 radical (unpaired) electrons. The van der Waals surface area contributed by atoms with Crippen LogP contribution in [0.15, 0.2) is 97.1 Å². The van der Waals surface area contributed by atoms with Gasteiger partial charge in [0.05, 0.1) is 16.5 Å². The van der Waals surface area contributed by atoms with E-state index in [2.05, 4.69) is 0 Å². The third kappa shape index (κ3) is 6.70. The van der Waals surface area contributed by atoms with Gasteiger partial charge in [-0.05, 0) is 53.8 Å². The van der Waals surface area contributed by atoms with Crippen molar-refractivity contribution in [3.63, 3.8) is 0 Å². The molecule has 238 valence electrons. The van der Waals surface area contributed by atoms with Crippen LogP contribution >= 0.6 is 15.2 Å². The summed E-state index contributed by atoms with van der Waals surface area (Å²) in [4.78, 5) is 50.9. The standard InChI is InChI=1S/C30H24F6O7P2/c31-25-14-12-19(15-24(25)30(35,36)45(41,42)43)17-28(22-9-5-2-6-10-22,27(37)21-7-3-1-4-8-21)18-20-11-13-23(26(32)16-20)29(33,34)44(38,39)40/h1-16H,17-18H2,(H2,38,39,40)(H2,41,42,43). The number of halogens is 6. The molecule has 45 heavy (non-hydrogen) atoms. The average Bonchev–Trinajstić information content (AvgIpc) is 2.97. The van der Waals surface area contributed by atoms with Crippen molar-refractivity contribution < 1.29 is 59.8 Å². The van der Waals surface area contributed by atoms with Gasteiger partial charge in [0.2, 0.25) is 0 Å². The fourth-order valence-corrected chi connectivity index (χ4v) is 6.00. The Bertz CT molecular complexity index is 1810. The molecule has 1 unspecified atom stereocenters. The molecule has 4 aromatic rings. The van der Waals surface area contributed by atoms with Gasteiger partial charge in [0, 0.05) is 5.56 Å². The molecule has 0 spiro atoms. The molecule has 1 atom stereocenters. The molecule has 0 saturated heterocycles. The Morgan fingerprint density at radius 2 is 1.07 bits per heavy atom. The van der Waals surface area contributed by atoms with Crippen molar-refractivity contribution in [1.29, 1.82) is 0 Å². The number of hydrogen-bond donors (Lipinski definition) is 4. The third-order valence-corrected chi connectivity index (χ3v) is 9.20. The second-order valence-corrected chi connectivity index (χ2v) is 13.6. The Hall–Kier alpha value is -3.57. The molecule has 4 aromatic carbocycles. The van der Waals surface area contributed by atoms with E-state index in [-0.39, 0.29) is 22.3 Å². The highest BCUT2D eigenvalue weighted by Crippen LogP contribution is 2.60. The Kier molecular flexibility index (Phi) is 9.39. The number of Topliss-reactive ketones (excluding diaryl/α,β-unsaturated/α-hetero) is 1. The molecule has 0 fully saturated rings. The predicted octanol–water partition coefficient (Wildman–Crippen LogP) is 7.02. The van der Waals surface area contributed by atoms with Crippen LogP contribution in [0.3, 0.4) is 0 Å². The average molecular weight is 672 g/mol. The second kappa shape index (κ2) is 12.3. The number of benzene rings is 4. The predicted molar refractivity (Wildman–Crippen MR) is 151 cm³/mol. The van der Waals surface area contributed by atoms with Crippen LogP contribution in [-0.4, -0.2) is 25.4 Å². The van der Waals surface area contributed by atoms with Gasteiger partial charge in [-0.2, -0.15) is 17.6 Å². The van der Waals surface area contributed by atoms with E-state index in [9.17, 15) is 45.7 Å². The van der Waals surface area contributed by atoms with E-state index >= 15 is 4.39 Å². The SMILES string of the molecule is O=C(c1ccccc1)C(Cc1ccc(C(F)(F)P(=O)(O)O)c(F)c1)(Cc1ccc(F)c(C(F)(F)P(=O)(O)O)c1)c1ccccc1. The first-order chi connectivity index (χ1) is 20.8. The van der Waals surface area contributed by atoms with Crippen molar-refractivity contribution in [2.75, 3.05) is 0 Å². The lowest BCUT2D eigenvalue weighted by atomic mass is 9.67. The lowest BCUT2D eigenvalue weighted by molar-refractivity contribution is 0.0526. The van der Waals surface area contributed by atoms with Crippen LogP contribution < -0.4 is 0 Å². The van der Waals surface area contributed by atoms with Crippen molar-refractivity contribution in [2.45, 2.75) is 29.6 Å². The van der Waals surface area contributed by atoms with Gasteiger partial charge < -0.3 is 19.6 Å². The quantitative estimate of drug-likeness (QED) is 0.0765. The molecule has 0 bridgehead atoms. The maximum atomic E-state index is 15.0. The van der Waals surface area contributed by atoms with Crippen molar-refractivity contribution in [1.82, 2.24) is 0 Å². The minimum atomic E-state index is -6.20. The van der Waals surface area contributed by atoms with Gasteiger partial charge in [-0.15, -0.1) is 0 Å². The van der Waals surface area contributed by atoms with E-state index in [4.69, 9.17) is 9.79 Å². The van der Waals surface area contributed by atoms with Gasteiger partial charge >= 0.3 is 26.5 Å². The fourth-order valence-electron chi connectivity index (χ4n) is 5.02. The number of hydrogen-bond acceptors (Lipinski definition) is 3. The summed E-state index contributed by atoms with van der Waals surface area (Å²) in [6, 6.07) is 19.2. The maximum absolute atomic E-state index is 15.0. The van der Waals surface area contributed by atoms with E-state index in [0.717, 1.165) is 12.1 Å². The highest BCUT2D eigenvalue weighted by molar-refractivity contribution is 7.52. The second-order valence-electron chi connectivity index (χ2n) is 10.3. The first-order valence-electron chi connectivity index (χ1n) is 12.9. The van der Waals surface area contributed by atoms with E-state index in [0.29, 0.717) is 24.3 Å². The Morgan fingerprint density at radius 1 is 0.600 bits per heavy atom. The zero-order valence-electron chi connectivity index (χ0n) is 22.8. The summed E-state index contributed by atoms with van der Waals surface area (Å²) in [6.45, 7) is 0. The number of ketones is 1. The normalized spacial score (nSPS) is 14.2. The van der Waals surface area contributed by atoms with E-state index in [1.807, 2.05) is 0 Å². The molecule has 4 N–H and O–H groups in total. The van der Waals surface area contributed by atoms with Gasteiger partial charge in [0.1, 0.15) is 11.6 Å². The molecular formula is C30H24F6O7P2. The minimum absolute atomic E-state index is 0.0920. The first kappa shape index (κ1) is 34.3. The van der Waals surface area contributed by atoms with Gasteiger partial charge in [-0.25, -0.2) is 8.78 Å².